The summed E-state index contributed by atoms with van der Waals surface area (Å²) in [7, 11) is 1.38. The fourth-order valence-electron chi connectivity index (χ4n) is 2.23. The van der Waals surface area contributed by atoms with E-state index in [4.69, 9.17) is 4.74 Å². The number of carbonyl (C=O) groups is 3. The molecule has 0 saturated heterocycles. The molecule has 2 aromatic carbocycles. The lowest BCUT2D eigenvalue weighted by atomic mass is 10.1. The number of thiazole rings is 1. The summed E-state index contributed by atoms with van der Waals surface area (Å²) in [5, 5.41) is 4.25. The van der Waals surface area contributed by atoms with Crippen molar-refractivity contribution in [3.8, 4) is 0 Å². The fraction of sp³-hybridized carbons (Fsp3) is 0.158. The third-order valence-corrected chi connectivity index (χ3v) is 5.89. The van der Waals surface area contributed by atoms with Crippen LogP contribution in [0.1, 0.15) is 15.9 Å². The molecule has 0 saturated carbocycles. The number of esters is 1. The molecule has 0 atom stereocenters. The number of hydrogen-bond donors (Lipinski definition) is 2. The van der Waals surface area contributed by atoms with Crippen LogP contribution in [-0.4, -0.2) is 36.5 Å². The first-order valence-electron chi connectivity index (χ1n) is 8.31. The van der Waals surface area contributed by atoms with E-state index < -0.39 is 24.5 Å². The Bertz CT molecular complexity index is 969. The fourth-order valence-corrected chi connectivity index (χ4v) is 4.26. The van der Waals surface area contributed by atoms with Crippen LogP contribution < -0.4 is 10.6 Å². The van der Waals surface area contributed by atoms with E-state index >= 15 is 0 Å². The second kappa shape index (κ2) is 9.34. The van der Waals surface area contributed by atoms with Gasteiger partial charge in [-0.25, -0.2) is 14.6 Å². The van der Waals surface area contributed by atoms with Gasteiger partial charge in [-0.3, -0.25) is 10.1 Å². The van der Waals surface area contributed by atoms with E-state index in [1.807, 2.05) is 41.7 Å². The Kier molecular flexibility index (Phi) is 6.62. The average molecular weight is 415 g/mol. The van der Waals surface area contributed by atoms with E-state index in [-0.39, 0.29) is 0 Å². The quantitative estimate of drug-likeness (QED) is 0.474. The van der Waals surface area contributed by atoms with Crippen molar-refractivity contribution in [2.75, 3.05) is 13.7 Å². The minimum absolute atomic E-state index is 0.335. The van der Waals surface area contributed by atoms with Crippen molar-refractivity contribution in [3.63, 3.8) is 0 Å². The molecule has 3 aromatic rings. The molecular formula is C19H17N3O4S2. The molecule has 1 heterocycles. The number of amides is 3. The van der Waals surface area contributed by atoms with Gasteiger partial charge < -0.3 is 10.1 Å². The van der Waals surface area contributed by atoms with Gasteiger partial charge in [-0.15, -0.1) is 11.3 Å². The van der Waals surface area contributed by atoms with Crippen LogP contribution in [-0.2, 0) is 15.3 Å². The highest BCUT2D eigenvalue weighted by Gasteiger charge is 2.12. The van der Waals surface area contributed by atoms with Crippen LogP contribution in [0.4, 0.5) is 4.79 Å². The van der Waals surface area contributed by atoms with E-state index in [0.29, 0.717) is 5.56 Å². The van der Waals surface area contributed by atoms with Crippen molar-refractivity contribution >= 4 is 51.2 Å². The molecule has 0 radical (unpaired) electrons. The van der Waals surface area contributed by atoms with Gasteiger partial charge in [0.2, 0.25) is 0 Å². The number of benzene rings is 2. The maximum Gasteiger partial charge on any atom is 0.338 e. The highest BCUT2D eigenvalue weighted by molar-refractivity contribution is 8.00. The lowest BCUT2D eigenvalue weighted by molar-refractivity contribution is -0.123. The second-order valence-corrected chi connectivity index (χ2v) is 7.89. The highest BCUT2D eigenvalue weighted by Crippen LogP contribution is 2.31. The lowest BCUT2D eigenvalue weighted by Gasteiger charge is -2.06. The van der Waals surface area contributed by atoms with Crippen molar-refractivity contribution in [2.45, 2.75) is 10.1 Å². The number of rotatable bonds is 6. The average Bonchev–Trinajstić information content (AvgIpc) is 3.13. The predicted octanol–water partition coefficient (Wildman–Crippen LogP) is 3.20. The van der Waals surface area contributed by atoms with Gasteiger partial charge in [0, 0.05) is 12.8 Å². The number of para-hydroxylation sites is 1. The number of hydrogen-bond acceptors (Lipinski definition) is 7. The van der Waals surface area contributed by atoms with E-state index in [9.17, 15) is 14.4 Å². The molecule has 0 aliphatic heterocycles. The number of aromatic nitrogens is 1. The van der Waals surface area contributed by atoms with E-state index in [1.165, 1.54) is 7.05 Å². The van der Waals surface area contributed by atoms with Crippen molar-refractivity contribution in [2.24, 2.45) is 0 Å². The van der Waals surface area contributed by atoms with Gasteiger partial charge in [-0.1, -0.05) is 36.0 Å². The van der Waals surface area contributed by atoms with Gasteiger partial charge in [-0.2, -0.15) is 0 Å². The van der Waals surface area contributed by atoms with Crippen LogP contribution in [0.25, 0.3) is 10.2 Å². The summed E-state index contributed by atoms with van der Waals surface area (Å²) in [5.74, 6) is -0.599. The SMILES string of the molecule is CNC(=O)NC(=O)COC(=O)c1ccc(CSc2nc3ccccc3s2)cc1. The number of urea groups is 1. The lowest BCUT2D eigenvalue weighted by Crippen LogP contribution is -2.39. The Hall–Kier alpha value is -2.91. The number of ether oxygens (including phenoxy) is 1. The van der Waals surface area contributed by atoms with E-state index in [2.05, 4.69) is 10.3 Å². The maximum absolute atomic E-state index is 12.0. The molecule has 7 nitrogen and oxygen atoms in total. The normalized spacial score (nSPS) is 10.5. The topological polar surface area (TPSA) is 97.4 Å². The molecule has 3 amide bonds. The molecule has 0 unspecified atom stereocenters. The molecule has 2 N–H and O–H groups in total. The van der Waals surface area contributed by atoms with Gasteiger partial charge >= 0.3 is 12.0 Å². The molecule has 0 spiro atoms. The number of fused-ring (bicyclic) bond motifs is 1. The van der Waals surface area contributed by atoms with Crippen LogP contribution in [0.3, 0.4) is 0 Å². The highest BCUT2D eigenvalue weighted by atomic mass is 32.2. The molecule has 9 heteroatoms. The number of imide groups is 1. The van der Waals surface area contributed by atoms with Gasteiger partial charge in [0.25, 0.3) is 5.91 Å². The van der Waals surface area contributed by atoms with E-state index in [0.717, 1.165) is 25.9 Å². The van der Waals surface area contributed by atoms with Crippen LogP contribution in [0, 0.1) is 0 Å². The van der Waals surface area contributed by atoms with Gasteiger partial charge in [-0.05, 0) is 29.8 Å². The first kappa shape index (κ1) is 19.8. The Labute approximate surface area is 169 Å². The van der Waals surface area contributed by atoms with Crippen LogP contribution in [0.5, 0.6) is 0 Å². The zero-order valence-corrected chi connectivity index (χ0v) is 16.6. The largest absolute Gasteiger partial charge is 0.452 e. The minimum atomic E-state index is -0.698. The first-order chi connectivity index (χ1) is 13.5. The third-order valence-electron chi connectivity index (χ3n) is 3.64. The molecule has 0 aliphatic rings. The minimum Gasteiger partial charge on any atom is -0.452 e. The zero-order valence-electron chi connectivity index (χ0n) is 14.9. The molecule has 0 fully saturated rings. The van der Waals surface area contributed by atoms with Crippen LogP contribution >= 0.6 is 23.1 Å². The summed E-state index contributed by atoms with van der Waals surface area (Å²) in [6.45, 7) is -0.526. The van der Waals surface area contributed by atoms with Crippen LogP contribution in [0.15, 0.2) is 52.9 Å². The molecule has 3 rings (SSSR count). The maximum atomic E-state index is 12.0. The van der Waals surface area contributed by atoms with Crippen molar-refractivity contribution in [1.29, 1.82) is 0 Å². The van der Waals surface area contributed by atoms with Crippen molar-refractivity contribution in [1.82, 2.24) is 15.6 Å². The summed E-state index contributed by atoms with van der Waals surface area (Å²) in [6.07, 6.45) is 0. The molecular weight excluding hydrogens is 398 g/mol. The summed E-state index contributed by atoms with van der Waals surface area (Å²) in [6, 6.07) is 14.3. The molecule has 0 bridgehead atoms. The number of nitrogens with zero attached hydrogens (tertiary/aromatic N) is 1. The summed E-state index contributed by atoms with van der Waals surface area (Å²) >= 11 is 3.29. The third kappa shape index (κ3) is 5.30. The predicted molar refractivity (Wildman–Crippen MR) is 109 cm³/mol. The summed E-state index contributed by atoms with van der Waals surface area (Å²) < 4.78 is 7.04. The molecule has 0 aliphatic carbocycles. The summed E-state index contributed by atoms with van der Waals surface area (Å²) in [5.41, 5.74) is 2.37. The van der Waals surface area contributed by atoms with Crippen LogP contribution in [0.2, 0.25) is 0 Å². The van der Waals surface area contributed by atoms with Crippen molar-refractivity contribution in [3.05, 3.63) is 59.7 Å². The second-order valence-electron chi connectivity index (χ2n) is 5.64. The Morgan fingerprint density at radius 2 is 1.86 bits per heavy atom. The van der Waals surface area contributed by atoms with E-state index in [1.54, 1.807) is 35.2 Å². The smallest absolute Gasteiger partial charge is 0.338 e. The summed E-state index contributed by atoms with van der Waals surface area (Å²) in [4.78, 5) is 39.0. The van der Waals surface area contributed by atoms with Gasteiger partial charge in [0.15, 0.2) is 10.9 Å². The molecule has 144 valence electrons. The zero-order chi connectivity index (χ0) is 19.9. The molecule has 1 aromatic heterocycles. The number of carbonyl (C=O) groups excluding carboxylic acids is 3. The Morgan fingerprint density at radius 1 is 1.11 bits per heavy atom. The van der Waals surface area contributed by atoms with Crippen molar-refractivity contribution < 1.29 is 19.1 Å². The Morgan fingerprint density at radius 3 is 2.57 bits per heavy atom. The Balaban J connectivity index is 1.50. The number of nitrogens with one attached hydrogen (secondary N) is 2. The molecule has 28 heavy (non-hydrogen) atoms. The monoisotopic (exact) mass is 415 g/mol. The first-order valence-corrected chi connectivity index (χ1v) is 10.1. The van der Waals surface area contributed by atoms with Gasteiger partial charge in [0.1, 0.15) is 0 Å². The van der Waals surface area contributed by atoms with Gasteiger partial charge in [0.05, 0.1) is 15.8 Å². The number of thioether (sulfide) groups is 1. The standard InChI is InChI=1S/C19H17N3O4S2/c1-20-18(25)22-16(23)10-26-17(24)13-8-6-12(7-9-13)11-27-19-21-14-4-2-3-5-15(14)28-19/h2-9H,10-11H2,1H3,(H2,20,22,23,25).